The van der Waals surface area contributed by atoms with E-state index in [1.807, 2.05) is 55.5 Å². The molecule has 0 saturated carbocycles. The summed E-state index contributed by atoms with van der Waals surface area (Å²) < 4.78 is 28.0. The zero-order chi connectivity index (χ0) is 18.5. The van der Waals surface area contributed by atoms with Crippen molar-refractivity contribution in [2.45, 2.75) is 6.92 Å². The molecule has 0 bridgehead atoms. The number of halogens is 2. The van der Waals surface area contributed by atoms with E-state index in [1.54, 1.807) is 0 Å². The molecule has 0 aliphatic carbocycles. The fraction of sp³-hybridized carbons (Fsp3) is 0.0455. The van der Waals surface area contributed by atoms with Crippen LogP contribution in [-0.2, 0) is 0 Å². The lowest BCUT2D eigenvalue weighted by molar-refractivity contribution is 0.578. The summed E-state index contributed by atoms with van der Waals surface area (Å²) in [4.78, 5) is 3.57. The van der Waals surface area contributed by atoms with Gasteiger partial charge in [-0.05, 0) is 42.4 Å². The minimum atomic E-state index is -0.780. The summed E-state index contributed by atoms with van der Waals surface area (Å²) in [7, 11) is 0. The predicted molar refractivity (Wildman–Crippen MR) is 104 cm³/mol. The third-order valence-electron chi connectivity index (χ3n) is 3.80. The first-order valence-corrected chi connectivity index (χ1v) is 8.23. The molecule has 26 heavy (non-hydrogen) atoms. The minimum Gasteiger partial charge on any atom is -0.205 e. The average molecular weight is 361 g/mol. The highest BCUT2D eigenvalue weighted by Crippen LogP contribution is 2.21. The molecular weight excluding hydrogens is 348 g/mol. The maximum absolute atomic E-state index is 14.0. The lowest BCUT2D eigenvalue weighted by Gasteiger charge is -2.02. The van der Waals surface area contributed by atoms with E-state index in [-0.39, 0.29) is 11.3 Å². The van der Waals surface area contributed by atoms with Gasteiger partial charge in [0.05, 0.1) is 16.4 Å². The molecule has 0 unspecified atom stereocenters. The zero-order valence-corrected chi connectivity index (χ0v) is 14.7. The molecule has 3 rings (SSSR count). The van der Waals surface area contributed by atoms with Gasteiger partial charge in [0.25, 0.3) is 0 Å². The molecule has 0 N–H and O–H groups in total. The molecule has 0 heterocycles. The summed E-state index contributed by atoms with van der Waals surface area (Å²) in [6.45, 7) is 2.04. The Kier molecular flexibility index (Phi) is 5.34. The fourth-order valence-electron chi connectivity index (χ4n) is 2.42. The van der Waals surface area contributed by atoms with Crippen LogP contribution in [0.4, 0.5) is 14.5 Å². The van der Waals surface area contributed by atoms with Crippen molar-refractivity contribution in [1.82, 2.24) is 0 Å². The van der Waals surface area contributed by atoms with Gasteiger partial charge < -0.3 is 0 Å². The van der Waals surface area contributed by atoms with Crippen LogP contribution in [0.1, 0.15) is 16.7 Å². The topological polar surface area (TPSA) is 12.4 Å². The second-order valence-electron chi connectivity index (χ2n) is 5.68. The predicted octanol–water partition coefficient (Wildman–Crippen LogP) is 6.07. The number of aryl methyl sites for hydroxylation is 1. The molecule has 0 spiro atoms. The van der Waals surface area contributed by atoms with Gasteiger partial charge >= 0.3 is 0 Å². The summed E-state index contributed by atoms with van der Waals surface area (Å²) in [5, 5.41) is 2.08. The standard InChI is InChI=1S/C22H13F2NS/c1-15-2-7-17(8-3-15)18-9-4-16(5-10-18)6-11-20-21(23)12-19(25-14-26)13-22(20)24/h2-5,7-10,12-13H,1H3. The first-order valence-electron chi connectivity index (χ1n) is 7.83. The molecular formula is C22H13F2NS. The SMILES string of the molecule is Cc1ccc(-c2ccc(C#Cc3c(F)cc(N=C=S)cc3F)cc2)cc1. The van der Waals surface area contributed by atoms with Crippen LogP contribution in [0.5, 0.6) is 0 Å². The quantitative estimate of drug-likeness (QED) is 0.306. The van der Waals surface area contributed by atoms with Crippen molar-refractivity contribution >= 4 is 23.1 Å². The maximum Gasteiger partial charge on any atom is 0.143 e. The van der Waals surface area contributed by atoms with Gasteiger partial charge in [-0.3, -0.25) is 0 Å². The molecule has 0 saturated heterocycles. The monoisotopic (exact) mass is 361 g/mol. The van der Waals surface area contributed by atoms with Crippen LogP contribution in [0.15, 0.2) is 65.7 Å². The molecule has 4 heteroatoms. The van der Waals surface area contributed by atoms with Crippen molar-refractivity contribution in [1.29, 1.82) is 0 Å². The number of benzene rings is 3. The maximum atomic E-state index is 14.0. The highest BCUT2D eigenvalue weighted by atomic mass is 32.1. The van der Waals surface area contributed by atoms with Crippen LogP contribution in [0.2, 0.25) is 0 Å². The first-order chi connectivity index (χ1) is 12.6. The van der Waals surface area contributed by atoms with Crippen molar-refractivity contribution in [2.75, 3.05) is 0 Å². The third-order valence-corrected chi connectivity index (χ3v) is 3.89. The van der Waals surface area contributed by atoms with Gasteiger partial charge in [-0.2, -0.15) is 4.99 Å². The van der Waals surface area contributed by atoms with Crippen LogP contribution >= 0.6 is 12.2 Å². The molecule has 1 nitrogen and oxygen atoms in total. The Morgan fingerprint density at radius 3 is 1.88 bits per heavy atom. The third kappa shape index (κ3) is 4.10. The minimum absolute atomic E-state index is 0.0722. The molecule has 0 aliphatic heterocycles. The number of thiocarbonyl (C=S) groups is 1. The van der Waals surface area contributed by atoms with Crippen molar-refractivity contribution in [3.05, 3.63) is 89.0 Å². The number of aliphatic imine (C=N–C) groups is 1. The van der Waals surface area contributed by atoms with Crippen molar-refractivity contribution in [3.8, 4) is 23.0 Å². The Morgan fingerprint density at radius 2 is 1.35 bits per heavy atom. The van der Waals surface area contributed by atoms with Crippen molar-refractivity contribution in [2.24, 2.45) is 4.99 Å². The van der Waals surface area contributed by atoms with E-state index in [2.05, 4.69) is 34.2 Å². The van der Waals surface area contributed by atoms with Crippen molar-refractivity contribution in [3.63, 3.8) is 0 Å². The van der Waals surface area contributed by atoms with E-state index >= 15 is 0 Å². The number of hydrogen-bond acceptors (Lipinski definition) is 2. The highest BCUT2D eigenvalue weighted by Gasteiger charge is 2.08. The molecule has 0 atom stereocenters. The van der Waals surface area contributed by atoms with Gasteiger partial charge in [0.15, 0.2) is 0 Å². The lowest BCUT2D eigenvalue weighted by atomic mass is 10.0. The van der Waals surface area contributed by atoms with Crippen LogP contribution in [0, 0.1) is 30.4 Å². The van der Waals surface area contributed by atoms with E-state index in [0.29, 0.717) is 5.56 Å². The second-order valence-corrected chi connectivity index (χ2v) is 5.86. The number of rotatable bonds is 2. The fourth-order valence-corrected chi connectivity index (χ4v) is 2.53. The molecule has 3 aromatic carbocycles. The van der Waals surface area contributed by atoms with Crippen LogP contribution in [-0.4, -0.2) is 5.16 Å². The van der Waals surface area contributed by atoms with E-state index in [4.69, 9.17) is 0 Å². The Hall–Kier alpha value is -3.12. The summed E-state index contributed by atoms with van der Waals surface area (Å²) in [5.74, 6) is 3.77. The van der Waals surface area contributed by atoms with Gasteiger partial charge in [0.1, 0.15) is 11.6 Å². The Balaban J connectivity index is 1.87. The number of hydrogen-bond donors (Lipinski definition) is 0. The highest BCUT2D eigenvalue weighted by molar-refractivity contribution is 7.78. The van der Waals surface area contributed by atoms with Gasteiger partial charge in [-0.1, -0.05) is 53.8 Å². The molecule has 3 aromatic rings. The Labute approximate surface area is 156 Å². The molecule has 0 fully saturated rings. The zero-order valence-electron chi connectivity index (χ0n) is 13.9. The Bertz CT molecular complexity index is 1030. The van der Waals surface area contributed by atoms with E-state index in [9.17, 15) is 8.78 Å². The molecule has 126 valence electrons. The molecule has 0 aromatic heterocycles. The van der Waals surface area contributed by atoms with Gasteiger partial charge in [-0.15, -0.1) is 0 Å². The number of nitrogens with zero attached hydrogens (tertiary/aromatic N) is 1. The molecule has 0 radical (unpaired) electrons. The average Bonchev–Trinajstić information content (AvgIpc) is 2.62. The van der Waals surface area contributed by atoms with E-state index in [1.165, 1.54) is 5.56 Å². The van der Waals surface area contributed by atoms with Crippen LogP contribution < -0.4 is 0 Å². The summed E-state index contributed by atoms with van der Waals surface area (Å²) >= 11 is 4.43. The Morgan fingerprint density at radius 1 is 0.808 bits per heavy atom. The summed E-state index contributed by atoms with van der Waals surface area (Å²) in [5.41, 5.74) is 3.79. The van der Waals surface area contributed by atoms with Gasteiger partial charge in [0.2, 0.25) is 0 Å². The first kappa shape index (κ1) is 17.7. The number of isothiocyanates is 1. The van der Waals surface area contributed by atoms with Gasteiger partial charge in [-0.25, -0.2) is 8.78 Å². The largest absolute Gasteiger partial charge is 0.205 e. The lowest BCUT2D eigenvalue weighted by Crippen LogP contribution is -1.90. The summed E-state index contributed by atoms with van der Waals surface area (Å²) in [6, 6.07) is 17.8. The van der Waals surface area contributed by atoms with Crippen molar-refractivity contribution < 1.29 is 8.78 Å². The van der Waals surface area contributed by atoms with Crippen LogP contribution in [0.25, 0.3) is 11.1 Å². The van der Waals surface area contributed by atoms with Crippen LogP contribution in [0.3, 0.4) is 0 Å². The van der Waals surface area contributed by atoms with E-state index < -0.39 is 11.6 Å². The second kappa shape index (κ2) is 7.84. The summed E-state index contributed by atoms with van der Waals surface area (Å²) in [6.07, 6.45) is 0. The van der Waals surface area contributed by atoms with Gasteiger partial charge in [0, 0.05) is 17.7 Å². The molecule has 0 aliphatic rings. The molecule has 0 amide bonds. The van der Waals surface area contributed by atoms with E-state index in [0.717, 1.165) is 23.3 Å². The normalized spacial score (nSPS) is 9.81. The smallest absolute Gasteiger partial charge is 0.143 e.